The largest absolute Gasteiger partial charge is 0.505 e. The summed E-state index contributed by atoms with van der Waals surface area (Å²) in [7, 11) is 0. The molecule has 0 fully saturated rings. The van der Waals surface area contributed by atoms with Gasteiger partial charge >= 0.3 is 11.9 Å². The normalized spacial score (nSPS) is 10.8. The molecule has 0 aliphatic heterocycles. The van der Waals surface area contributed by atoms with Gasteiger partial charge in [-0.1, -0.05) is 22.6 Å². The van der Waals surface area contributed by atoms with E-state index in [-0.39, 0.29) is 51.2 Å². The van der Waals surface area contributed by atoms with Crippen molar-refractivity contribution in [1.29, 1.82) is 0 Å². The molecular formula is C25H18N8O7. The third-order valence-corrected chi connectivity index (χ3v) is 5.64. The number of carboxylic acid groups (broad SMARTS) is 2. The molecule has 0 unspecified atom stereocenters. The number of hydrogen-bond donors (Lipinski definition) is 5. The van der Waals surface area contributed by atoms with Gasteiger partial charge in [0.25, 0.3) is 0 Å². The Balaban J connectivity index is 1.56. The Hall–Kier alpha value is -6.12. The number of nitrogens with zero attached hydrogens (tertiary/aromatic N) is 7. The summed E-state index contributed by atoms with van der Waals surface area (Å²) in [6.45, 7) is 1.32. The maximum atomic E-state index is 11.8. The molecule has 0 spiro atoms. The first-order valence-electron chi connectivity index (χ1n) is 11.4. The van der Waals surface area contributed by atoms with Gasteiger partial charge in [-0.2, -0.15) is 0 Å². The molecule has 0 saturated heterocycles. The summed E-state index contributed by atoms with van der Waals surface area (Å²) in [4.78, 5) is 39.1. The number of carboxylic acids is 2. The number of anilines is 1. The van der Waals surface area contributed by atoms with Crippen LogP contribution in [0.25, 0.3) is 34.2 Å². The SMILES string of the molecule is CC(=O)Nc1cc(-c2cn(-c3cccc(C(=O)O)c3O)nn2)nc(-c2cn(-c3cccc(C(=O)O)c3O)nn2)c1. The number of carbonyl (C=O) groups is 3. The molecule has 5 rings (SSSR count). The molecule has 2 aromatic carbocycles. The predicted molar refractivity (Wildman–Crippen MR) is 136 cm³/mol. The number of aromatic nitrogens is 7. The standard InChI is InChI=1S/C25H18N8O7/c1-12(34)26-13-8-16(18-10-32(30-28-18)20-6-2-4-14(22(20)35)24(37)38)27-17(9-13)19-11-33(31-29-19)21-7-3-5-15(23(21)36)25(39)40/h2-11,35-36H,1H3,(H,37,38)(H,39,40)(H,26,27,34). The highest BCUT2D eigenvalue weighted by Gasteiger charge is 2.19. The van der Waals surface area contributed by atoms with Crippen LogP contribution in [-0.2, 0) is 4.79 Å². The van der Waals surface area contributed by atoms with E-state index in [0.29, 0.717) is 5.69 Å². The van der Waals surface area contributed by atoms with E-state index in [4.69, 9.17) is 0 Å². The maximum Gasteiger partial charge on any atom is 0.339 e. The zero-order valence-electron chi connectivity index (χ0n) is 20.4. The van der Waals surface area contributed by atoms with E-state index in [1.807, 2.05) is 0 Å². The molecule has 3 aromatic heterocycles. The highest BCUT2D eigenvalue weighted by molar-refractivity contribution is 5.93. The van der Waals surface area contributed by atoms with Gasteiger partial charge < -0.3 is 25.7 Å². The molecule has 0 saturated carbocycles. The van der Waals surface area contributed by atoms with Crippen LogP contribution in [0, 0.1) is 0 Å². The van der Waals surface area contributed by atoms with Crippen molar-refractivity contribution in [3.8, 4) is 45.6 Å². The molecule has 15 nitrogen and oxygen atoms in total. The molecule has 200 valence electrons. The van der Waals surface area contributed by atoms with Gasteiger partial charge in [0.05, 0.1) is 23.8 Å². The molecule has 0 atom stereocenters. The third kappa shape index (κ3) is 4.76. The van der Waals surface area contributed by atoms with Crippen molar-refractivity contribution >= 4 is 23.5 Å². The van der Waals surface area contributed by atoms with E-state index in [0.717, 1.165) is 0 Å². The van der Waals surface area contributed by atoms with Crippen molar-refractivity contribution in [2.24, 2.45) is 0 Å². The lowest BCUT2D eigenvalue weighted by atomic mass is 10.1. The van der Waals surface area contributed by atoms with Crippen LogP contribution < -0.4 is 5.32 Å². The van der Waals surface area contributed by atoms with E-state index in [9.17, 15) is 34.8 Å². The van der Waals surface area contributed by atoms with Gasteiger partial charge in [0.1, 0.15) is 33.9 Å². The first kappa shape index (κ1) is 25.5. The second kappa shape index (κ2) is 9.97. The molecule has 0 aliphatic rings. The lowest BCUT2D eigenvalue weighted by molar-refractivity contribution is -0.114. The fraction of sp³-hybridized carbons (Fsp3) is 0.0400. The van der Waals surface area contributed by atoms with E-state index >= 15 is 0 Å². The molecule has 3 heterocycles. The van der Waals surface area contributed by atoms with Gasteiger partial charge in [0.15, 0.2) is 11.5 Å². The molecule has 5 aromatic rings. The monoisotopic (exact) mass is 542 g/mol. The van der Waals surface area contributed by atoms with Crippen molar-refractivity contribution < 1.29 is 34.8 Å². The Morgan fingerprint density at radius 2 is 1.18 bits per heavy atom. The Labute approximate surface area is 223 Å². The maximum absolute atomic E-state index is 11.8. The van der Waals surface area contributed by atoms with Crippen molar-refractivity contribution in [3.05, 3.63) is 72.1 Å². The van der Waals surface area contributed by atoms with Gasteiger partial charge in [-0.3, -0.25) is 4.79 Å². The number of benzene rings is 2. The molecular weight excluding hydrogens is 524 g/mol. The topological polar surface area (TPSA) is 218 Å². The quantitative estimate of drug-likeness (QED) is 0.200. The van der Waals surface area contributed by atoms with Crippen LogP contribution in [0.5, 0.6) is 11.5 Å². The van der Waals surface area contributed by atoms with Gasteiger partial charge in [-0.15, -0.1) is 10.2 Å². The molecule has 1 amide bonds. The van der Waals surface area contributed by atoms with Crippen LogP contribution in [0.2, 0.25) is 0 Å². The fourth-order valence-electron chi connectivity index (χ4n) is 3.84. The second-order valence-corrected chi connectivity index (χ2v) is 8.36. The van der Waals surface area contributed by atoms with Crippen molar-refractivity contribution in [3.63, 3.8) is 0 Å². The van der Waals surface area contributed by atoms with Crippen molar-refractivity contribution in [2.75, 3.05) is 5.32 Å². The lowest BCUT2D eigenvalue weighted by Gasteiger charge is -2.07. The summed E-state index contributed by atoms with van der Waals surface area (Å²) in [5.74, 6) is -3.99. The average Bonchev–Trinajstić information content (AvgIpc) is 3.59. The van der Waals surface area contributed by atoms with Crippen LogP contribution in [0.15, 0.2) is 60.9 Å². The third-order valence-electron chi connectivity index (χ3n) is 5.64. The number of pyridine rings is 1. The van der Waals surface area contributed by atoms with Crippen molar-refractivity contribution in [2.45, 2.75) is 6.92 Å². The number of aromatic carboxylic acids is 2. The summed E-state index contributed by atoms with van der Waals surface area (Å²) in [6, 6.07) is 11.4. The summed E-state index contributed by atoms with van der Waals surface area (Å²) in [6.07, 6.45) is 2.83. The van der Waals surface area contributed by atoms with E-state index < -0.39 is 23.4 Å². The van der Waals surface area contributed by atoms with Crippen LogP contribution in [0.4, 0.5) is 5.69 Å². The van der Waals surface area contributed by atoms with E-state index in [1.54, 1.807) is 0 Å². The van der Waals surface area contributed by atoms with Gasteiger partial charge in [0, 0.05) is 12.6 Å². The Morgan fingerprint density at radius 3 is 1.57 bits per heavy atom. The van der Waals surface area contributed by atoms with E-state index in [2.05, 4.69) is 30.9 Å². The smallest absolute Gasteiger partial charge is 0.339 e. The number of amides is 1. The Morgan fingerprint density at radius 1 is 0.725 bits per heavy atom. The number of carbonyl (C=O) groups excluding carboxylic acids is 1. The second-order valence-electron chi connectivity index (χ2n) is 8.36. The summed E-state index contributed by atoms with van der Waals surface area (Å²) < 4.78 is 2.36. The molecule has 15 heteroatoms. The van der Waals surface area contributed by atoms with Gasteiger partial charge in [-0.25, -0.2) is 23.9 Å². The number of phenols is 2. The van der Waals surface area contributed by atoms with Gasteiger partial charge in [-0.05, 0) is 36.4 Å². The lowest BCUT2D eigenvalue weighted by Crippen LogP contribution is -2.06. The Kier molecular flexibility index (Phi) is 6.37. The average molecular weight is 542 g/mol. The molecule has 5 N–H and O–H groups in total. The van der Waals surface area contributed by atoms with E-state index in [1.165, 1.54) is 77.2 Å². The first-order valence-corrected chi connectivity index (χ1v) is 11.4. The van der Waals surface area contributed by atoms with Crippen LogP contribution in [0.1, 0.15) is 27.6 Å². The molecule has 0 aliphatic carbocycles. The van der Waals surface area contributed by atoms with Crippen molar-refractivity contribution in [1.82, 2.24) is 35.0 Å². The summed E-state index contributed by atoms with van der Waals surface area (Å²) in [5.41, 5.74) is 0.768. The predicted octanol–water partition coefficient (Wildman–Crippen LogP) is 2.34. The fourth-order valence-corrected chi connectivity index (χ4v) is 3.84. The molecule has 0 radical (unpaired) electrons. The number of nitrogens with one attached hydrogen (secondary N) is 1. The summed E-state index contributed by atoms with van der Waals surface area (Å²) >= 11 is 0. The molecule has 40 heavy (non-hydrogen) atoms. The number of rotatable bonds is 7. The number of para-hydroxylation sites is 2. The minimum atomic E-state index is -1.31. The minimum Gasteiger partial charge on any atom is -0.505 e. The number of aromatic hydroxyl groups is 2. The summed E-state index contributed by atoms with van der Waals surface area (Å²) in [5, 5.41) is 58.1. The van der Waals surface area contributed by atoms with Crippen LogP contribution in [-0.4, -0.2) is 73.2 Å². The van der Waals surface area contributed by atoms with Crippen LogP contribution >= 0.6 is 0 Å². The zero-order valence-corrected chi connectivity index (χ0v) is 20.4. The Bertz CT molecular complexity index is 1690. The van der Waals surface area contributed by atoms with Gasteiger partial charge in [0.2, 0.25) is 5.91 Å². The minimum absolute atomic E-state index is 0.0724. The number of hydrogen-bond acceptors (Lipinski definition) is 10. The highest BCUT2D eigenvalue weighted by atomic mass is 16.4. The first-order chi connectivity index (χ1) is 19.1. The highest BCUT2D eigenvalue weighted by Crippen LogP contribution is 2.30. The molecule has 0 bridgehead atoms. The zero-order chi connectivity index (χ0) is 28.6. The van der Waals surface area contributed by atoms with Crippen LogP contribution in [0.3, 0.4) is 0 Å².